The number of piperidine rings is 1. The van der Waals surface area contributed by atoms with E-state index in [2.05, 4.69) is 0 Å². The van der Waals surface area contributed by atoms with E-state index in [4.69, 9.17) is 10.5 Å². The minimum Gasteiger partial charge on any atom is -0.484 e. The molecule has 1 aliphatic rings. The van der Waals surface area contributed by atoms with Crippen LogP contribution < -0.4 is 10.5 Å². The van der Waals surface area contributed by atoms with Crippen LogP contribution in [0.5, 0.6) is 5.75 Å². The van der Waals surface area contributed by atoms with Crippen molar-refractivity contribution in [2.75, 3.05) is 19.7 Å². The summed E-state index contributed by atoms with van der Waals surface area (Å²) in [7, 11) is 0. The van der Waals surface area contributed by atoms with Crippen molar-refractivity contribution in [1.29, 1.82) is 0 Å². The largest absolute Gasteiger partial charge is 0.484 e. The maximum absolute atomic E-state index is 12.4. The van der Waals surface area contributed by atoms with Gasteiger partial charge in [-0.1, -0.05) is 30.3 Å². The average molecular weight is 366 g/mol. The molecule has 0 radical (unpaired) electrons. The van der Waals surface area contributed by atoms with Crippen LogP contribution in [0.2, 0.25) is 0 Å². The molecular formula is C21H22N2O4. The third-order valence-electron chi connectivity index (χ3n) is 4.69. The van der Waals surface area contributed by atoms with Gasteiger partial charge in [0.1, 0.15) is 5.75 Å². The molecule has 0 aliphatic carbocycles. The first-order chi connectivity index (χ1) is 13.0. The minimum absolute atomic E-state index is 0.0657. The number of carbonyl (C=O) groups is 3. The van der Waals surface area contributed by atoms with E-state index in [0.29, 0.717) is 30.0 Å². The maximum Gasteiger partial charge on any atom is 0.260 e. The second kappa shape index (κ2) is 8.49. The smallest absolute Gasteiger partial charge is 0.260 e. The molecule has 1 saturated heterocycles. The van der Waals surface area contributed by atoms with Crippen molar-refractivity contribution in [2.45, 2.75) is 12.8 Å². The number of nitrogens with zero attached hydrogens (tertiary/aromatic N) is 1. The Labute approximate surface area is 157 Å². The minimum atomic E-state index is -0.368. The SMILES string of the molecule is NC(=O)[C@H]1CCCN(C(=O)COc2ccc(C(=O)c3ccccc3)cc2)C1. The van der Waals surface area contributed by atoms with E-state index < -0.39 is 0 Å². The summed E-state index contributed by atoms with van der Waals surface area (Å²) < 4.78 is 5.54. The molecule has 6 heteroatoms. The number of amides is 2. The fourth-order valence-corrected chi connectivity index (χ4v) is 3.13. The van der Waals surface area contributed by atoms with Gasteiger partial charge >= 0.3 is 0 Å². The summed E-state index contributed by atoms with van der Waals surface area (Å²) in [4.78, 5) is 37.6. The molecule has 140 valence electrons. The van der Waals surface area contributed by atoms with E-state index in [-0.39, 0.29) is 30.1 Å². The van der Waals surface area contributed by atoms with Gasteiger partial charge in [-0.05, 0) is 37.1 Å². The Morgan fingerprint density at radius 1 is 1.00 bits per heavy atom. The average Bonchev–Trinajstić information content (AvgIpc) is 2.72. The Hall–Kier alpha value is -3.15. The molecule has 2 aromatic carbocycles. The highest BCUT2D eigenvalue weighted by molar-refractivity contribution is 6.08. The van der Waals surface area contributed by atoms with Crippen molar-refractivity contribution in [3.05, 3.63) is 65.7 Å². The highest BCUT2D eigenvalue weighted by Crippen LogP contribution is 2.18. The molecule has 2 aromatic rings. The lowest BCUT2D eigenvalue weighted by Crippen LogP contribution is -2.45. The summed E-state index contributed by atoms with van der Waals surface area (Å²) in [6.45, 7) is 0.843. The van der Waals surface area contributed by atoms with Crippen molar-refractivity contribution in [2.24, 2.45) is 11.7 Å². The number of primary amides is 1. The number of hydrogen-bond donors (Lipinski definition) is 1. The second-order valence-corrected chi connectivity index (χ2v) is 6.59. The second-order valence-electron chi connectivity index (χ2n) is 6.59. The number of likely N-dealkylation sites (tertiary alicyclic amines) is 1. The van der Waals surface area contributed by atoms with E-state index in [1.807, 2.05) is 18.2 Å². The van der Waals surface area contributed by atoms with E-state index in [9.17, 15) is 14.4 Å². The van der Waals surface area contributed by atoms with Crippen LogP contribution in [0.1, 0.15) is 28.8 Å². The van der Waals surface area contributed by atoms with Crippen molar-refractivity contribution in [3.63, 3.8) is 0 Å². The summed E-state index contributed by atoms with van der Waals surface area (Å²) in [5, 5.41) is 0. The monoisotopic (exact) mass is 366 g/mol. The van der Waals surface area contributed by atoms with Crippen molar-refractivity contribution >= 4 is 17.6 Å². The van der Waals surface area contributed by atoms with Gasteiger partial charge in [0.05, 0.1) is 5.92 Å². The molecule has 0 unspecified atom stereocenters. The lowest BCUT2D eigenvalue weighted by Gasteiger charge is -2.31. The number of hydrogen-bond acceptors (Lipinski definition) is 4. The van der Waals surface area contributed by atoms with Crippen LogP contribution in [-0.4, -0.2) is 42.2 Å². The van der Waals surface area contributed by atoms with Crippen molar-refractivity contribution in [3.8, 4) is 5.75 Å². The first-order valence-electron chi connectivity index (χ1n) is 8.94. The number of nitrogens with two attached hydrogens (primary N) is 1. The number of rotatable bonds is 6. The van der Waals surface area contributed by atoms with Gasteiger partial charge in [-0.3, -0.25) is 14.4 Å². The van der Waals surface area contributed by atoms with E-state index >= 15 is 0 Å². The van der Waals surface area contributed by atoms with Crippen molar-refractivity contribution in [1.82, 2.24) is 4.90 Å². The molecule has 27 heavy (non-hydrogen) atoms. The Kier molecular flexibility index (Phi) is 5.86. The predicted octanol–water partition coefficient (Wildman–Crippen LogP) is 2.02. The Morgan fingerprint density at radius 2 is 1.67 bits per heavy atom. The van der Waals surface area contributed by atoms with Crippen LogP contribution in [0, 0.1) is 5.92 Å². The summed E-state index contributed by atoms with van der Waals surface area (Å²) in [5.41, 5.74) is 6.52. The molecule has 0 aromatic heterocycles. The summed E-state index contributed by atoms with van der Waals surface area (Å²) >= 11 is 0. The van der Waals surface area contributed by atoms with Gasteiger partial charge in [-0.15, -0.1) is 0 Å². The van der Waals surface area contributed by atoms with Crippen LogP contribution in [0.15, 0.2) is 54.6 Å². The van der Waals surface area contributed by atoms with Gasteiger partial charge in [0, 0.05) is 24.2 Å². The molecule has 1 fully saturated rings. The van der Waals surface area contributed by atoms with Gasteiger partial charge < -0.3 is 15.4 Å². The zero-order valence-electron chi connectivity index (χ0n) is 15.0. The molecule has 1 atom stereocenters. The molecule has 6 nitrogen and oxygen atoms in total. The van der Waals surface area contributed by atoms with Crippen LogP contribution in [-0.2, 0) is 9.59 Å². The van der Waals surface area contributed by atoms with Gasteiger partial charge in [-0.25, -0.2) is 0 Å². The van der Waals surface area contributed by atoms with Crippen LogP contribution in [0.25, 0.3) is 0 Å². The third-order valence-corrected chi connectivity index (χ3v) is 4.69. The molecule has 0 bridgehead atoms. The first-order valence-corrected chi connectivity index (χ1v) is 8.94. The third kappa shape index (κ3) is 4.73. The zero-order valence-corrected chi connectivity index (χ0v) is 15.0. The molecule has 1 heterocycles. The maximum atomic E-state index is 12.4. The molecule has 0 saturated carbocycles. The number of benzene rings is 2. The molecule has 0 spiro atoms. The first kappa shape index (κ1) is 18.6. The van der Waals surface area contributed by atoms with Crippen LogP contribution in [0.4, 0.5) is 0 Å². The van der Waals surface area contributed by atoms with Gasteiger partial charge in [0.15, 0.2) is 12.4 Å². The molecule has 1 aliphatic heterocycles. The number of ether oxygens (including phenoxy) is 1. The molecule has 3 rings (SSSR count). The fourth-order valence-electron chi connectivity index (χ4n) is 3.13. The Bertz CT molecular complexity index is 818. The number of carbonyl (C=O) groups excluding carboxylic acids is 3. The molecule has 2 N–H and O–H groups in total. The van der Waals surface area contributed by atoms with Gasteiger partial charge in [0.25, 0.3) is 5.91 Å². The number of ketones is 1. The summed E-state index contributed by atoms with van der Waals surface area (Å²) in [6.07, 6.45) is 1.48. The highest BCUT2D eigenvalue weighted by Gasteiger charge is 2.27. The lowest BCUT2D eigenvalue weighted by atomic mass is 9.97. The van der Waals surface area contributed by atoms with Crippen LogP contribution in [0.3, 0.4) is 0 Å². The highest BCUT2D eigenvalue weighted by atomic mass is 16.5. The predicted molar refractivity (Wildman–Crippen MR) is 100 cm³/mol. The van der Waals surface area contributed by atoms with Gasteiger partial charge in [-0.2, -0.15) is 0 Å². The fraction of sp³-hybridized carbons (Fsp3) is 0.286. The van der Waals surface area contributed by atoms with Crippen molar-refractivity contribution < 1.29 is 19.1 Å². The van der Waals surface area contributed by atoms with E-state index in [1.165, 1.54) is 0 Å². The summed E-state index contributed by atoms with van der Waals surface area (Å²) in [5.74, 6) is -0.385. The Morgan fingerprint density at radius 3 is 2.33 bits per heavy atom. The normalized spacial score (nSPS) is 16.6. The molecular weight excluding hydrogens is 344 g/mol. The van der Waals surface area contributed by atoms with E-state index in [0.717, 1.165) is 12.8 Å². The summed E-state index contributed by atoms with van der Waals surface area (Å²) in [6, 6.07) is 15.7. The Balaban J connectivity index is 1.55. The topological polar surface area (TPSA) is 89.7 Å². The van der Waals surface area contributed by atoms with E-state index in [1.54, 1.807) is 41.3 Å². The van der Waals surface area contributed by atoms with Crippen LogP contribution >= 0.6 is 0 Å². The standard InChI is InChI=1S/C21H22N2O4/c22-21(26)17-7-4-12-23(13-17)19(24)14-27-18-10-8-16(9-11-18)20(25)15-5-2-1-3-6-15/h1-3,5-6,8-11,17H,4,7,12-14H2,(H2,22,26)/t17-/m0/s1. The lowest BCUT2D eigenvalue weighted by molar-refractivity contribution is -0.136. The quantitative estimate of drug-likeness (QED) is 0.792. The molecule has 2 amide bonds. The zero-order chi connectivity index (χ0) is 19.2. The van der Waals surface area contributed by atoms with Gasteiger partial charge in [0.2, 0.25) is 5.91 Å².